The minimum Gasteiger partial charge on any atom is -0.415 e. The fourth-order valence-electron chi connectivity index (χ4n) is 3.72. The van der Waals surface area contributed by atoms with Crippen LogP contribution in [-0.2, 0) is 32.0 Å². The molecule has 1 aromatic carbocycles. The maximum absolute atomic E-state index is 14.3. The molecule has 2 atom stereocenters. The normalized spacial score (nSPS) is 15.3. The molecule has 2 heterocycles. The summed E-state index contributed by atoms with van der Waals surface area (Å²) in [5.41, 5.74) is 2.52. The predicted molar refractivity (Wildman–Crippen MR) is 173 cm³/mol. The van der Waals surface area contributed by atoms with Crippen LogP contribution in [-0.4, -0.2) is 48.1 Å². The van der Waals surface area contributed by atoms with Gasteiger partial charge in [0.15, 0.2) is 8.32 Å². The van der Waals surface area contributed by atoms with Gasteiger partial charge in [0.2, 0.25) is 10.0 Å². The molecule has 0 saturated heterocycles. The summed E-state index contributed by atoms with van der Waals surface area (Å²) in [7, 11) is -7.24. The molecule has 0 saturated carbocycles. The molecule has 12 heteroatoms. The highest BCUT2D eigenvalue weighted by Crippen LogP contribution is 2.40. The third-order valence-electron chi connectivity index (χ3n) is 7.15. The van der Waals surface area contributed by atoms with Gasteiger partial charge in [-0.05, 0) is 75.2 Å². The zero-order chi connectivity index (χ0) is 30.1. The van der Waals surface area contributed by atoms with E-state index in [1.54, 1.807) is 39.4 Å². The van der Waals surface area contributed by atoms with Crippen LogP contribution in [0.2, 0.25) is 18.1 Å². The highest BCUT2D eigenvalue weighted by Gasteiger charge is 2.40. The van der Waals surface area contributed by atoms with Crippen molar-refractivity contribution in [1.82, 2.24) is 14.0 Å². The number of benzene rings is 1. The summed E-state index contributed by atoms with van der Waals surface area (Å²) in [6, 6.07) is 8.66. The number of hydrogen-bond donors (Lipinski definition) is 1. The van der Waals surface area contributed by atoms with Crippen LogP contribution >= 0.6 is 22.7 Å². The van der Waals surface area contributed by atoms with Crippen LogP contribution in [0.15, 0.2) is 40.7 Å². The van der Waals surface area contributed by atoms with Gasteiger partial charge in [0.1, 0.15) is 0 Å². The first-order valence-corrected chi connectivity index (χ1v) is 20.8. The fourth-order valence-corrected chi connectivity index (χ4v) is 9.22. The standard InChI is InChI=1S/C28H45N3O4S4Si/c1-20(2)17-31(39(33,34)22-12-13-23-26(15-22)36-19-29-23)24(18-35-40(9,10)28(6,7)8)25-14-11-21(37-25)16-30-38(32)27(3,4)5/h11-15,19-20,24,30H,16-18H2,1-10H3/t24-,38?/m1/s1. The maximum Gasteiger partial charge on any atom is 0.243 e. The van der Waals surface area contributed by atoms with Crippen molar-refractivity contribution in [3.63, 3.8) is 0 Å². The zero-order valence-corrected chi connectivity index (χ0v) is 29.7. The summed E-state index contributed by atoms with van der Waals surface area (Å²) in [4.78, 5) is 6.49. The van der Waals surface area contributed by atoms with E-state index in [0.717, 1.165) is 20.0 Å². The van der Waals surface area contributed by atoms with Crippen molar-refractivity contribution in [3.8, 4) is 0 Å². The summed E-state index contributed by atoms with van der Waals surface area (Å²) in [5, 5.41) is -0.0158. The lowest BCUT2D eigenvalue weighted by Crippen LogP contribution is -2.45. The van der Waals surface area contributed by atoms with Crippen molar-refractivity contribution in [2.24, 2.45) is 5.92 Å². The average Bonchev–Trinajstić information content (AvgIpc) is 3.49. The molecule has 3 rings (SSSR count). The second kappa shape index (κ2) is 12.7. The number of thiophene rings is 1. The van der Waals surface area contributed by atoms with Gasteiger partial charge in [-0.15, -0.1) is 22.7 Å². The third-order valence-corrected chi connectivity index (χ3v) is 17.0. The number of rotatable bonds is 12. The molecule has 0 fully saturated rings. The maximum atomic E-state index is 14.3. The molecule has 0 amide bonds. The van der Waals surface area contributed by atoms with Gasteiger partial charge in [-0.25, -0.2) is 22.3 Å². The number of nitrogens with one attached hydrogen (secondary N) is 1. The number of hydrogen-bond acceptors (Lipinski definition) is 7. The van der Waals surface area contributed by atoms with Crippen LogP contribution in [0, 0.1) is 5.92 Å². The summed E-state index contributed by atoms with van der Waals surface area (Å²) < 4.78 is 53.1. The first kappa shape index (κ1) is 33.5. The second-order valence-electron chi connectivity index (χ2n) is 13.0. The zero-order valence-electron chi connectivity index (χ0n) is 25.4. The molecule has 3 aromatic rings. The Morgan fingerprint density at radius 1 is 1.10 bits per heavy atom. The Labute approximate surface area is 252 Å². The molecule has 40 heavy (non-hydrogen) atoms. The van der Waals surface area contributed by atoms with Gasteiger partial charge in [-0.3, -0.25) is 0 Å². The lowest BCUT2D eigenvalue weighted by Gasteiger charge is -2.39. The predicted octanol–water partition coefficient (Wildman–Crippen LogP) is 7.32. The Hall–Kier alpha value is -0.993. The molecule has 1 unspecified atom stereocenters. The average molecular weight is 644 g/mol. The number of sulfonamides is 1. The van der Waals surface area contributed by atoms with Crippen LogP contribution in [0.4, 0.5) is 0 Å². The van der Waals surface area contributed by atoms with Crippen LogP contribution in [0.5, 0.6) is 0 Å². The number of aromatic nitrogens is 1. The quantitative estimate of drug-likeness (QED) is 0.209. The molecule has 0 radical (unpaired) electrons. The molecule has 224 valence electrons. The van der Waals surface area contributed by atoms with Crippen LogP contribution in [0.1, 0.15) is 71.2 Å². The molecule has 1 N–H and O–H groups in total. The van der Waals surface area contributed by atoms with E-state index in [2.05, 4.69) is 43.6 Å². The molecule has 2 aromatic heterocycles. The van der Waals surface area contributed by atoms with E-state index in [-0.39, 0.29) is 27.2 Å². The monoisotopic (exact) mass is 643 g/mol. The Kier molecular flexibility index (Phi) is 10.6. The Balaban J connectivity index is 2.04. The minimum atomic E-state index is -3.86. The second-order valence-corrected chi connectivity index (χ2v) is 23.9. The van der Waals surface area contributed by atoms with Gasteiger partial charge in [0.05, 0.1) is 49.0 Å². The molecule has 0 spiro atoms. The van der Waals surface area contributed by atoms with Crippen molar-refractivity contribution in [3.05, 3.63) is 45.6 Å². The van der Waals surface area contributed by atoms with E-state index in [1.807, 2.05) is 46.8 Å². The van der Waals surface area contributed by atoms with E-state index in [0.29, 0.717) is 13.1 Å². The Morgan fingerprint density at radius 3 is 2.38 bits per heavy atom. The topological polar surface area (TPSA) is 88.6 Å². The number of nitrogens with zero attached hydrogens (tertiary/aromatic N) is 2. The summed E-state index contributed by atoms with van der Waals surface area (Å²) in [6.07, 6.45) is 0. The largest absolute Gasteiger partial charge is 0.415 e. The SMILES string of the molecule is CC(C)CN([C@H](CO[Si](C)(C)C(C)(C)C)c1ccc(CNS(=O)C(C)(C)C)s1)S(=O)(=O)c1ccc2ncsc2c1. The fraction of sp³-hybridized carbons (Fsp3) is 0.607. The highest BCUT2D eigenvalue weighted by molar-refractivity contribution is 7.89. The van der Waals surface area contributed by atoms with Gasteiger partial charge in [-0.1, -0.05) is 34.6 Å². The van der Waals surface area contributed by atoms with Crippen LogP contribution in [0.3, 0.4) is 0 Å². The van der Waals surface area contributed by atoms with Crippen LogP contribution < -0.4 is 4.72 Å². The Morgan fingerprint density at radius 2 is 1.77 bits per heavy atom. The summed E-state index contributed by atoms with van der Waals surface area (Å²) in [6.45, 7) is 21.9. The molecule has 7 nitrogen and oxygen atoms in total. The first-order chi connectivity index (χ1) is 18.3. The number of thiazole rings is 1. The third kappa shape index (κ3) is 8.09. The lowest BCUT2D eigenvalue weighted by atomic mass is 10.2. The van der Waals surface area contributed by atoms with Crippen molar-refractivity contribution >= 4 is 62.2 Å². The van der Waals surface area contributed by atoms with Gasteiger partial charge in [0.25, 0.3) is 0 Å². The highest BCUT2D eigenvalue weighted by atomic mass is 32.2. The minimum absolute atomic E-state index is 0.0158. The number of fused-ring (bicyclic) bond motifs is 1. The van der Waals surface area contributed by atoms with Gasteiger partial charge >= 0.3 is 0 Å². The van der Waals surface area contributed by atoms with Gasteiger partial charge < -0.3 is 4.43 Å². The molecular formula is C28H45N3O4S4Si. The summed E-state index contributed by atoms with van der Waals surface area (Å²) >= 11 is 2.98. The smallest absolute Gasteiger partial charge is 0.243 e. The molecule has 0 aliphatic rings. The van der Waals surface area contributed by atoms with Crippen molar-refractivity contribution in [2.45, 2.75) is 95.8 Å². The van der Waals surface area contributed by atoms with E-state index >= 15 is 0 Å². The van der Waals surface area contributed by atoms with Crippen molar-refractivity contribution < 1.29 is 17.1 Å². The molecule has 0 aliphatic carbocycles. The van der Waals surface area contributed by atoms with Crippen molar-refractivity contribution in [1.29, 1.82) is 0 Å². The molecule has 0 aliphatic heterocycles. The van der Waals surface area contributed by atoms with E-state index in [1.165, 1.54) is 11.3 Å². The lowest BCUT2D eigenvalue weighted by molar-refractivity contribution is 0.184. The van der Waals surface area contributed by atoms with Crippen LogP contribution in [0.25, 0.3) is 10.2 Å². The Bertz CT molecular complexity index is 1420. The summed E-state index contributed by atoms with van der Waals surface area (Å²) in [5.74, 6) is 0.104. The molecular weight excluding hydrogens is 599 g/mol. The van der Waals surface area contributed by atoms with Gasteiger partial charge in [-0.2, -0.15) is 4.31 Å². The van der Waals surface area contributed by atoms with E-state index in [4.69, 9.17) is 4.43 Å². The van der Waals surface area contributed by atoms with E-state index < -0.39 is 35.4 Å². The van der Waals surface area contributed by atoms with Crippen molar-refractivity contribution in [2.75, 3.05) is 13.2 Å². The van der Waals surface area contributed by atoms with Gasteiger partial charge in [0, 0.05) is 22.8 Å². The molecule has 0 bridgehead atoms. The first-order valence-electron chi connectivity index (χ1n) is 13.6. The van der Waals surface area contributed by atoms with E-state index in [9.17, 15) is 12.6 Å².